The minimum atomic E-state index is 0.597. The first kappa shape index (κ1) is 10.5. The summed E-state index contributed by atoms with van der Waals surface area (Å²) in [6, 6.07) is 5.74. The van der Waals surface area contributed by atoms with Gasteiger partial charge in [-0.3, -0.25) is 0 Å². The number of thioether (sulfide) groups is 1. The molecule has 15 heavy (non-hydrogen) atoms. The average Bonchev–Trinajstić information content (AvgIpc) is 2.31. The molecule has 0 bridgehead atoms. The summed E-state index contributed by atoms with van der Waals surface area (Å²) in [5.74, 6) is 0. The maximum Gasteiger partial charge on any atom is 0.0993 e. The van der Waals surface area contributed by atoms with E-state index in [-0.39, 0.29) is 0 Å². The van der Waals surface area contributed by atoms with Crippen LogP contribution in [0.5, 0.6) is 0 Å². The van der Waals surface area contributed by atoms with Crippen molar-refractivity contribution in [1.29, 1.82) is 5.26 Å². The van der Waals surface area contributed by atoms with E-state index in [1.165, 1.54) is 12.8 Å². The lowest BCUT2D eigenvalue weighted by molar-refractivity contribution is 0.531. The van der Waals surface area contributed by atoms with Crippen LogP contribution in [-0.2, 0) is 0 Å². The molecule has 0 spiro atoms. The second kappa shape index (κ2) is 5.15. The van der Waals surface area contributed by atoms with Crippen LogP contribution in [0.25, 0.3) is 0 Å². The van der Waals surface area contributed by atoms with Gasteiger partial charge in [0.25, 0.3) is 0 Å². The van der Waals surface area contributed by atoms with Crippen LogP contribution in [0.2, 0.25) is 0 Å². The monoisotopic (exact) mass is 219 g/mol. The van der Waals surface area contributed by atoms with Crippen LogP contribution in [0, 0.1) is 11.3 Å². The number of piperidine rings is 1. The third kappa shape index (κ3) is 2.95. The normalized spacial score (nSPS) is 20.9. The molecule has 1 aromatic heterocycles. The first-order chi connectivity index (χ1) is 7.38. The van der Waals surface area contributed by atoms with E-state index in [2.05, 4.69) is 16.4 Å². The predicted molar refractivity (Wildman–Crippen MR) is 60.7 cm³/mol. The molecule has 1 atom stereocenters. The number of pyridine rings is 1. The van der Waals surface area contributed by atoms with E-state index in [0.717, 1.165) is 18.1 Å². The second-order valence-corrected chi connectivity index (χ2v) is 4.90. The lowest BCUT2D eigenvalue weighted by atomic mass is 10.2. The average molecular weight is 219 g/mol. The van der Waals surface area contributed by atoms with Crippen molar-refractivity contribution in [2.24, 2.45) is 0 Å². The Morgan fingerprint density at radius 1 is 1.60 bits per heavy atom. The van der Waals surface area contributed by atoms with E-state index >= 15 is 0 Å². The summed E-state index contributed by atoms with van der Waals surface area (Å²) >= 11 is 1.77. The molecule has 0 amide bonds. The van der Waals surface area contributed by atoms with Gasteiger partial charge in [0.05, 0.1) is 16.7 Å². The quantitative estimate of drug-likeness (QED) is 0.824. The molecule has 0 saturated carbocycles. The van der Waals surface area contributed by atoms with Crippen LogP contribution >= 0.6 is 11.8 Å². The lowest BCUT2D eigenvalue weighted by Crippen LogP contribution is -2.31. The number of nitrogens with one attached hydrogen (secondary N) is 1. The molecule has 1 N–H and O–H groups in total. The van der Waals surface area contributed by atoms with E-state index in [1.807, 2.05) is 6.07 Å². The zero-order valence-electron chi connectivity index (χ0n) is 8.44. The summed E-state index contributed by atoms with van der Waals surface area (Å²) in [5.41, 5.74) is 0.691. The van der Waals surface area contributed by atoms with Crippen molar-refractivity contribution in [2.45, 2.75) is 23.1 Å². The molecule has 4 heteroatoms. The van der Waals surface area contributed by atoms with Crippen molar-refractivity contribution >= 4 is 11.8 Å². The van der Waals surface area contributed by atoms with Crippen molar-refractivity contribution in [3.05, 3.63) is 23.9 Å². The largest absolute Gasteiger partial charge is 0.316 e. The smallest absolute Gasteiger partial charge is 0.0993 e. The summed E-state index contributed by atoms with van der Waals surface area (Å²) in [6.45, 7) is 2.17. The standard InChI is InChI=1S/C11H13N3S/c12-7-9-3-5-14-11(6-9)15-10-2-1-4-13-8-10/h3,5-6,10,13H,1-2,4,8H2/t10-/m1/s1. The number of rotatable bonds is 2. The molecule has 3 nitrogen and oxygen atoms in total. The van der Waals surface area contributed by atoms with E-state index in [9.17, 15) is 0 Å². The molecule has 0 aliphatic carbocycles. The van der Waals surface area contributed by atoms with Gasteiger partial charge in [-0.25, -0.2) is 4.98 Å². The third-order valence-electron chi connectivity index (χ3n) is 2.40. The van der Waals surface area contributed by atoms with Gasteiger partial charge in [0.1, 0.15) is 0 Å². The highest BCUT2D eigenvalue weighted by Crippen LogP contribution is 2.25. The maximum absolute atomic E-state index is 8.77. The molecule has 0 aromatic carbocycles. The van der Waals surface area contributed by atoms with Crippen molar-refractivity contribution < 1.29 is 0 Å². The molecule has 2 heterocycles. The summed E-state index contributed by atoms with van der Waals surface area (Å²) in [6.07, 6.45) is 4.17. The molecule has 0 radical (unpaired) electrons. The summed E-state index contributed by atoms with van der Waals surface area (Å²) in [5, 5.41) is 13.7. The topological polar surface area (TPSA) is 48.7 Å². The number of hydrogen-bond donors (Lipinski definition) is 1. The highest BCUT2D eigenvalue weighted by Gasteiger charge is 2.14. The van der Waals surface area contributed by atoms with Crippen molar-refractivity contribution in [1.82, 2.24) is 10.3 Å². The van der Waals surface area contributed by atoms with Crippen molar-refractivity contribution in [3.8, 4) is 6.07 Å². The fourth-order valence-electron chi connectivity index (χ4n) is 1.63. The van der Waals surface area contributed by atoms with Crippen molar-refractivity contribution in [3.63, 3.8) is 0 Å². The first-order valence-electron chi connectivity index (χ1n) is 5.12. The van der Waals surface area contributed by atoms with Crippen LogP contribution < -0.4 is 5.32 Å². The molecule has 78 valence electrons. The molecule has 0 unspecified atom stereocenters. The highest BCUT2D eigenvalue weighted by molar-refractivity contribution is 7.99. The zero-order valence-corrected chi connectivity index (χ0v) is 9.26. The van der Waals surface area contributed by atoms with Crippen LogP contribution in [-0.4, -0.2) is 23.3 Å². The molecule has 1 aromatic rings. The van der Waals surface area contributed by atoms with Gasteiger partial charge in [-0.15, -0.1) is 11.8 Å². The Labute approximate surface area is 93.9 Å². The third-order valence-corrected chi connectivity index (χ3v) is 3.60. The highest BCUT2D eigenvalue weighted by atomic mass is 32.2. The Morgan fingerprint density at radius 2 is 2.53 bits per heavy atom. The van der Waals surface area contributed by atoms with Crippen LogP contribution in [0.4, 0.5) is 0 Å². The molecular formula is C11H13N3S. The lowest BCUT2D eigenvalue weighted by Gasteiger charge is -2.21. The molecule has 2 rings (SSSR count). The van der Waals surface area contributed by atoms with Crippen LogP contribution in [0.3, 0.4) is 0 Å². The SMILES string of the molecule is N#Cc1ccnc(S[C@@H]2CCCNC2)c1. The number of nitrogens with zero attached hydrogens (tertiary/aromatic N) is 2. The minimum absolute atomic E-state index is 0.597. The summed E-state index contributed by atoms with van der Waals surface area (Å²) in [4.78, 5) is 4.27. The Balaban J connectivity index is 2.00. The van der Waals surface area contributed by atoms with Gasteiger partial charge in [0.2, 0.25) is 0 Å². The van der Waals surface area contributed by atoms with E-state index in [4.69, 9.17) is 5.26 Å². The van der Waals surface area contributed by atoms with Crippen LogP contribution in [0.1, 0.15) is 18.4 Å². The Kier molecular flexibility index (Phi) is 3.59. The van der Waals surface area contributed by atoms with E-state index in [0.29, 0.717) is 10.8 Å². The maximum atomic E-state index is 8.77. The van der Waals surface area contributed by atoms with E-state index < -0.39 is 0 Å². The summed E-state index contributed by atoms with van der Waals surface area (Å²) in [7, 11) is 0. The van der Waals surface area contributed by atoms with Gasteiger partial charge in [0, 0.05) is 18.0 Å². The Bertz CT molecular complexity index is 366. The van der Waals surface area contributed by atoms with Crippen molar-refractivity contribution in [2.75, 3.05) is 13.1 Å². The van der Waals surface area contributed by atoms with Gasteiger partial charge >= 0.3 is 0 Å². The second-order valence-electron chi connectivity index (χ2n) is 3.58. The van der Waals surface area contributed by atoms with E-state index in [1.54, 1.807) is 24.0 Å². The van der Waals surface area contributed by atoms with Gasteiger partial charge in [0.15, 0.2) is 0 Å². The first-order valence-corrected chi connectivity index (χ1v) is 6.00. The van der Waals surface area contributed by atoms with Gasteiger partial charge in [-0.1, -0.05) is 0 Å². The van der Waals surface area contributed by atoms with Gasteiger partial charge in [-0.05, 0) is 31.5 Å². The minimum Gasteiger partial charge on any atom is -0.316 e. The zero-order chi connectivity index (χ0) is 10.5. The Morgan fingerprint density at radius 3 is 3.27 bits per heavy atom. The van der Waals surface area contributed by atoms with Crippen LogP contribution in [0.15, 0.2) is 23.4 Å². The molecule has 1 fully saturated rings. The number of nitriles is 1. The number of aromatic nitrogens is 1. The number of hydrogen-bond acceptors (Lipinski definition) is 4. The van der Waals surface area contributed by atoms with Gasteiger partial charge in [-0.2, -0.15) is 5.26 Å². The van der Waals surface area contributed by atoms with Gasteiger partial charge < -0.3 is 5.32 Å². The molecule has 1 aliphatic heterocycles. The predicted octanol–water partition coefficient (Wildman–Crippen LogP) is 1.80. The fraction of sp³-hybridized carbons (Fsp3) is 0.455. The Hall–Kier alpha value is -1.05. The fourth-order valence-corrected chi connectivity index (χ4v) is 2.78. The molecular weight excluding hydrogens is 206 g/mol. The molecule has 1 aliphatic rings. The summed E-state index contributed by atoms with van der Waals surface area (Å²) < 4.78 is 0. The molecule has 1 saturated heterocycles.